The summed E-state index contributed by atoms with van der Waals surface area (Å²) in [5.41, 5.74) is 0.496. The third-order valence-corrected chi connectivity index (χ3v) is 7.89. The summed E-state index contributed by atoms with van der Waals surface area (Å²) in [5, 5.41) is 0. The number of piperazine rings is 1. The zero-order chi connectivity index (χ0) is 18.3. The van der Waals surface area contributed by atoms with Crippen molar-refractivity contribution in [3.63, 3.8) is 0 Å². The van der Waals surface area contributed by atoms with Crippen LogP contribution in [-0.2, 0) is 10.0 Å². The van der Waals surface area contributed by atoms with E-state index >= 15 is 0 Å². The molecule has 2 aliphatic heterocycles. The SMILES string of the molecule is O=C(c1ccc2c(c1)OCO2)N1CCN(S(=O)(=O)c2ccc(Cl)s2)CC1. The molecule has 138 valence electrons. The molecule has 1 saturated heterocycles. The van der Waals surface area contributed by atoms with Gasteiger partial charge in [0.15, 0.2) is 11.5 Å². The van der Waals surface area contributed by atoms with Crippen LogP contribution >= 0.6 is 22.9 Å². The topological polar surface area (TPSA) is 76.2 Å². The van der Waals surface area contributed by atoms with Gasteiger partial charge >= 0.3 is 0 Å². The molecule has 0 unspecified atom stereocenters. The largest absolute Gasteiger partial charge is 0.454 e. The van der Waals surface area contributed by atoms with Crippen LogP contribution in [0.5, 0.6) is 11.5 Å². The first-order chi connectivity index (χ1) is 12.4. The highest BCUT2D eigenvalue weighted by Gasteiger charge is 2.31. The molecule has 1 amide bonds. The van der Waals surface area contributed by atoms with Gasteiger partial charge in [-0.3, -0.25) is 4.79 Å². The fourth-order valence-electron chi connectivity index (χ4n) is 2.91. The van der Waals surface area contributed by atoms with Crippen molar-refractivity contribution in [2.75, 3.05) is 33.0 Å². The molecule has 0 aliphatic carbocycles. The van der Waals surface area contributed by atoms with Crippen molar-refractivity contribution in [3.05, 3.63) is 40.2 Å². The van der Waals surface area contributed by atoms with Crippen LogP contribution in [0.25, 0.3) is 0 Å². The van der Waals surface area contributed by atoms with Gasteiger partial charge in [-0.05, 0) is 30.3 Å². The number of fused-ring (bicyclic) bond motifs is 1. The van der Waals surface area contributed by atoms with Crippen molar-refractivity contribution in [1.29, 1.82) is 0 Å². The number of amides is 1. The predicted octanol–water partition coefficient (Wildman–Crippen LogP) is 2.28. The minimum absolute atomic E-state index is 0.149. The number of hydrogen-bond acceptors (Lipinski definition) is 6. The molecule has 0 spiro atoms. The second-order valence-corrected chi connectivity index (χ2v) is 9.70. The standard InChI is InChI=1S/C16H15ClN2O5S2/c17-14-3-4-15(25-14)26(21,22)19-7-5-18(6-8-19)16(20)11-1-2-12-13(9-11)24-10-23-12/h1-4,9H,5-8,10H2. The number of carbonyl (C=O) groups excluding carboxylic acids is 1. The minimum Gasteiger partial charge on any atom is -0.454 e. The van der Waals surface area contributed by atoms with Gasteiger partial charge in [-0.15, -0.1) is 11.3 Å². The van der Waals surface area contributed by atoms with Gasteiger partial charge in [0.25, 0.3) is 15.9 Å². The molecule has 0 saturated carbocycles. The van der Waals surface area contributed by atoms with Crippen LogP contribution < -0.4 is 9.47 Å². The molecule has 1 aromatic heterocycles. The quantitative estimate of drug-likeness (QED) is 0.770. The lowest BCUT2D eigenvalue weighted by molar-refractivity contribution is 0.0697. The summed E-state index contributed by atoms with van der Waals surface area (Å²) in [6.45, 7) is 1.29. The zero-order valence-corrected chi connectivity index (χ0v) is 15.9. The molecular weight excluding hydrogens is 400 g/mol. The lowest BCUT2D eigenvalue weighted by atomic mass is 10.1. The highest BCUT2D eigenvalue weighted by molar-refractivity contribution is 7.91. The van der Waals surface area contributed by atoms with E-state index < -0.39 is 10.0 Å². The molecule has 4 rings (SSSR count). The molecule has 0 atom stereocenters. The summed E-state index contributed by atoms with van der Waals surface area (Å²) < 4.78 is 37.8. The summed E-state index contributed by atoms with van der Waals surface area (Å²) in [6.07, 6.45) is 0. The van der Waals surface area contributed by atoms with Crippen LogP contribution in [0.3, 0.4) is 0 Å². The summed E-state index contributed by atoms with van der Waals surface area (Å²) in [7, 11) is -3.57. The molecule has 1 aromatic carbocycles. The number of carbonyl (C=O) groups is 1. The molecule has 1 fully saturated rings. The first-order valence-electron chi connectivity index (χ1n) is 7.89. The van der Waals surface area contributed by atoms with Crippen LogP contribution in [0.15, 0.2) is 34.5 Å². The van der Waals surface area contributed by atoms with E-state index in [1.165, 1.54) is 10.4 Å². The third-order valence-electron chi connectivity index (χ3n) is 4.29. The van der Waals surface area contributed by atoms with Crippen LogP contribution in [-0.4, -0.2) is 56.5 Å². The van der Waals surface area contributed by atoms with Crippen molar-refractivity contribution in [3.8, 4) is 11.5 Å². The fraction of sp³-hybridized carbons (Fsp3) is 0.312. The van der Waals surface area contributed by atoms with Crippen molar-refractivity contribution < 1.29 is 22.7 Å². The molecule has 3 heterocycles. The summed E-state index contributed by atoms with van der Waals surface area (Å²) in [6, 6.07) is 8.12. The molecule has 7 nitrogen and oxygen atoms in total. The Labute approximate surface area is 159 Å². The Morgan fingerprint density at radius 1 is 1.04 bits per heavy atom. The van der Waals surface area contributed by atoms with E-state index in [1.807, 2.05) is 0 Å². The van der Waals surface area contributed by atoms with Gasteiger partial charge in [0.1, 0.15) is 4.21 Å². The Kier molecular flexibility index (Phi) is 4.55. The van der Waals surface area contributed by atoms with Gasteiger partial charge in [-0.2, -0.15) is 4.31 Å². The van der Waals surface area contributed by atoms with Crippen LogP contribution in [0.4, 0.5) is 0 Å². The third kappa shape index (κ3) is 3.16. The van der Waals surface area contributed by atoms with Gasteiger partial charge in [-0.1, -0.05) is 11.6 Å². The molecule has 10 heteroatoms. The van der Waals surface area contributed by atoms with E-state index in [2.05, 4.69) is 0 Å². The number of thiophene rings is 1. The molecule has 2 aliphatic rings. The number of benzene rings is 1. The van der Waals surface area contributed by atoms with Crippen molar-refractivity contribution in [1.82, 2.24) is 9.21 Å². The summed E-state index contributed by atoms with van der Waals surface area (Å²) >= 11 is 6.87. The molecular formula is C16H15ClN2O5S2. The molecule has 26 heavy (non-hydrogen) atoms. The van der Waals surface area contributed by atoms with Gasteiger partial charge in [0, 0.05) is 31.7 Å². The maximum absolute atomic E-state index is 12.7. The molecule has 2 aromatic rings. The van der Waals surface area contributed by atoms with E-state index in [4.69, 9.17) is 21.1 Å². The Morgan fingerprint density at radius 3 is 2.46 bits per heavy atom. The highest BCUT2D eigenvalue weighted by atomic mass is 35.5. The lowest BCUT2D eigenvalue weighted by Gasteiger charge is -2.33. The molecule has 0 bridgehead atoms. The monoisotopic (exact) mass is 414 g/mol. The van der Waals surface area contributed by atoms with Crippen LogP contribution in [0.1, 0.15) is 10.4 Å². The average molecular weight is 415 g/mol. The normalized spacial score (nSPS) is 17.5. The predicted molar refractivity (Wildman–Crippen MR) is 96.6 cm³/mol. The van der Waals surface area contributed by atoms with Crippen molar-refractivity contribution >= 4 is 38.9 Å². The molecule has 0 N–H and O–H groups in total. The highest BCUT2D eigenvalue weighted by Crippen LogP contribution is 2.33. The summed E-state index contributed by atoms with van der Waals surface area (Å²) in [4.78, 5) is 14.3. The van der Waals surface area contributed by atoms with Gasteiger partial charge in [0.05, 0.1) is 4.34 Å². The Balaban J connectivity index is 1.44. The van der Waals surface area contributed by atoms with Crippen molar-refractivity contribution in [2.24, 2.45) is 0 Å². The maximum atomic E-state index is 12.7. The lowest BCUT2D eigenvalue weighted by Crippen LogP contribution is -2.50. The number of ether oxygens (including phenoxy) is 2. The number of halogens is 1. The number of sulfonamides is 1. The van der Waals surface area contributed by atoms with Gasteiger partial charge < -0.3 is 14.4 Å². The van der Waals surface area contributed by atoms with Crippen LogP contribution in [0, 0.1) is 0 Å². The smallest absolute Gasteiger partial charge is 0.254 e. The van der Waals surface area contributed by atoms with Gasteiger partial charge in [-0.25, -0.2) is 8.42 Å². The van der Waals surface area contributed by atoms with E-state index in [-0.39, 0.29) is 30.0 Å². The number of rotatable bonds is 3. The minimum atomic E-state index is -3.57. The Hall–Kier alpha value is -1.81. The number of nitrogens with zero attached hydrogens (tertiary/aromatic N) is 2. The molecule has 0 radical (unpaired) electrons. The van der Waals surface area contributed by atoms with E-state index in [0.29, 0.717) is 34.5 Å². The number of hydrogen-bond donors (Lipinski definition) is 0. The Bertz CT molecular complexity index is 951. The Morgan fingerprint density at radius 2 is 1.77 bits per heavy atom. The van der Waals surface area contributed by atoms with Gasteiger partial charge in [0.2, 0.25) is 6.79 Å². The van der Waals surface area contributed by atoms with E-state index in [1.54, 1.807) is 29.2 Å². The second kappa shape index (κ2) is 6.73. The maximum Gasteiger partial charge on any atom is 0.254 e. The summed E-state index contributed by atoms with van der Waals surface area (Å²) in [5.74, 6) is 1.01. The van der Waals surface area contributed by atoms with E-state index in [0.717, 1.165) is 11.3 Å². The fourth-order valence-corrected chi connectivity index (χ4v) is 5.97. The van der Waals surface area contributed by atoms with Crippen LogP contribution in [0.2, 0.25) is 4.34 Å². The average Bonchev–Trinajstić information content (AvgIpc) is 3.29. The first kappa shape index (κ1) is 17.6. The van der Waals surface area contributed by atoms with E-state index in [9.17, 15) is 13.2 Å². The van der Waals surface area contributed by atoms with Crippen molar-refractivity contribution in [2.45, 2.75) is 4.21 Å². The zero-order valence-electron chi connectivity index (χ0n) is 13.6. The first-order valence-corrected chi connectivity index (χ1v) is 10.5. The second-order valence-electron chi connectivity index (χ2n) is 5.82.